The fourth-order valence-corrected chi connectivity index (χ4v) is 9.00. The molecule has 6 nitrogen and oxygen atoms in total. The van der Waals surface area contributed by atoms with E-state index in [1.165, 1.54) is 0 Å². The predicted octanol–water partition coefficient (Wildman–Crippen LogP) is 15.3. The van der Waals surface area contributed by atoms with E-state index in [1.54, 1.807) is 0 Å². The molecule has 0 bridgehead atoms. The SMILES string of the molecule is CC1(C)OB(c2ccc3c(c2)oc2cc(-c4ccc5oc6ccccc6c5c4)ccc23)OC1(C)C.Clc1ccc2c(c1)oc1cc(-c3ccc4oc5ccccc5c4c3)ccc12. The molecule has 8 heteroatoms. The Morgan fingerprint density at radius 2 is 0.710 bits per heavy atom. The van der Waals surface area contributed by atoms with E-state index in [0.717, 1.165) is 115 Å². The van der Waals surface area contributed by atoms with Crippen LogP contribution in [0.1, 0.15) is 27.7 Å². The van der Waals surface area contributed by atoms with Crippen molar-refractivity contribution in [2.24, 2.45) is 0 Å². The molecule has 0 atom stereocenters. The van der Waals surface area contributed by atoms with Crippen LogP contribution in [0.2, 0.25) is 5.02 Å². The average Bonchev–Trinajstić information content (AvgIpc) is 4.07. The smallest absolute Gasteiger partial charge is 0.456 e. The summed E-state index contributed by atoms with van der Waals surface area (Å²) in [7, 11) is -0.412. The van der Waals surface area contributed by atoms with Crippen molar-refractivity contribution < 1.29 is 27.0 Å². The zero-order valence-corrected chi connectivity index (χ0v) is 35.2. The maximum Gasteiger partial charge on any atom is 0.494 e. The molecule has 62 heavy (non-hydrogen) atoms. The lowest BCUT2D eigenvalue weighted by atomic mass is 9.79. The van der Waals surface area contributed by atoms with Crippen LogP contribution < -0.4 is 5.46 Å². The molecular formula is C54H38BClO6. The summed E-state index contributed by atoms with van der Waals surface area (Å²) in [6.07, 6.45) is 0. The van der Waals surface area contributed by atoms with Crippen LogP contribution in [0.3, 0.4) is 0 Å². The van der Waals surface area contributed by atoms with Gasteiger partial charge in [0.25, 0.3) is 0 Å². The van der Waals surface area contributed by atoms with Crippen molar-refractivity contribution in [2.45, 2.75) is 38.9 Å². The van der Waals surface area contributed by atoms with Crippen molar-refractivity contribution in [3.05, 3.63) is 163 Å². The second-order valence-electron chi connectivity index (χ2n) is 17.2. The Balaban J connectivity index is 0.000000137. The molecule has 0 N–H and O–H groups in total. The number of fused-ring (bicyclic) bond motifs is 12. The van der Waals surface area contributed by atoms with Crippen LogP contribution in [0.4, 0.5) is 0 Å². The van der Waals surface area contributed by atoms with Crippen molar-refractivity contribution in [3.8, 4) is 22.3 Å². The van der Waals surface area contributed by atoms with Gasteiger partial charge in [-0.2, -0.15) is 0 Å². The van der Waals surface area contributed by atoms with E-state index >= 15 is 0 Å². The monoisotopic (exact) mass is 828 g/mol. The molecule has 1 fully saturated rings. The molecule has 13 rings (SSSR count). The molecule has 4 aromatic heterocycles. The minimum absolute atomic E-state index is 0.378. The molecule has 1 aliphatic heterocycles. The molecular weight excluding hydrogens is 791 g/mol. The minimum Gasteiger partial charge on any atom is -0.456 e. The number of hydrogen-bond acceptors (Lipinski definition) is 6. The van der Waals surface area contributed by atoms with E-state index in [9.17, 15) is 0 Å². The highest BCUT2D eigenvalue weighted by Gasteiger charge is 2.51. The van der Waals surface area contributed by atoms with E-state index in [4.69, 9.17) is 38.6 Å². The summed E-state index contributed by atoms with van der Waals surface area (Å²) in [6, 6.07) is 53.7. The van der Waals surface area contributed by atoms with E-state index in [1.807, 2.05) is 72.8 Å². The summed E-state index contributed by atoms with van der Waals surface area (Å²) in [5.74, 6) is 0. The van der Waals surface area contributed by atoms with Crippen LogP contribution >= 0.6 is 11.6 Å². The summed E-state index contributed by atoms with van der Waals surface area (Å²) in [4.78, 5) is 0. The quantitative estimate of drug-likeness (QED) is 0.165. The number of rotatable bonds is 3. The van der Waals surface area contributed by atoms with Crippen molar-refractivity contribution in [1.82, 2.24) is 0 Å². The number of hydrogen-bond donors (Lipinski definition) is 0. The number of para-hydroxylation sites is 2. The van der Waals surface area contributed by atoms with Gasteiger partial charge in [0, 0.05) is 54.2 Å². The first-order valence-electron chi connectivity index (χ1n) is 20.8. The van der Waals surface area contributed by atoms with E-state index in [0.29, 0.717) is 5.02 Å². The topological polar surface area (TPSA) is 71.0 Å². The third kappa shape index (κ3) is 5.95. The van der Waals surface area contributed by atoms with Crippen molar-refractivity contribution in [3.63, 3.8) is 0 Å². The molecule has 0 aliphatic carbocycles. The van der Waals surface area contributed by atoms with Gasteiger partial charge in [-0.25, -0.2) is 0 Å². The number of benzene rings is 8. The molecule has 0 spiro atoms. The van der Waals surface area contributed by atoms with Crippen LogP contribution in [0, 0.1) is 0 Å². The van der Waals surface area contributed by atoms with Crippen LogP contribution in [0.25, 0.3) is 110 Å². The molecule has 12 aromatic rings. The van der Waals surface area contributed by atoms with E-state index < -0.39 is 7.12 Å². The predicted molar refractivity (Wildman–Crippen MR) is 254 cm³/mol. The van der Waals surface area contributed by atoms with E-state index in [2.05, 4.69) is 113 Å². The Morgan fingerprint density at radius 3 is 1.24 bits per heavy atom. The molecule has 300 valence electrons. The third-order valence-electron chi connectivity index (χ3n) is 12.9. The van der Waals surface area contributed by atoms with Crippen LogP contribution in [0.5, 0.6) is 0 Å². The maximum absolute atomic E-state index is 6.33. The highest BCUT2D eigenvalue weighted by Crippen LogP contribution is 2.40. The first-order valence-corrected chi connectivity index (χ1v) is 21.2. The third-order valence-corrected chi connectivity index (χ3v) is 13.1. The number of furan rings is 4. The lowest BCUT2D eigenvalue weighted by Gasteiger charge is -2.32. The maximum atomic E-state index is 6.33. The summed E-state index contributed by atoms with van der Waals surface area (Å²) in [5.41, 5.74) is 11.7. The summed E-state index contributed by atoms with van der Waals surface area (Å²) in [6.45, 7) is 8.27. The van der Waals surface area contributed by atoms with Gasteiger partial charge in [0.15, 0.2) is 0 Å². The van der Waals surface area contributed by atoms with Crippen LogP contribution in [-0.4, -0.2) is 18.3 Å². The van der Waals surface area contributed by atoms with Crippen molar-refractivity contribution in [2.75, 3.05) is 0 Å². The van der Waals surface area contributed by atoms with Gasteiger partial charge in [0.2, 0.25) is 0 Å². The van der Waals surface area contributed by atoms with Gasteiger partial charge in [-0.3, -0.25) is 0 Å². The van der Waals surface area contributed by atoms with Crippen molar-refractivity contribution >= 4 is 112 Å². The fraction of sp³-hybridized carbons (Fsp3) is 0.111. The van der Waals surface area contributed by atoms with Gasteiger partial charge in [0.05, 0.1) is 11.2 Å². The van der Waals surface area contributed by atoms with Gasteiger partial charge < -0.3 is 27.0 Å². The Hall–Kier alpha value is -6.77. The largest absolute Gasteiger partial charge is 0.494 e. The van der Waals surface area contributed by atoms with E-state index in [-0.39, 0.29) is 11.2 Å². The Kier molecular flexibility index (Phi) is 8.13. The summed E-state index contributed by atoms with van der Waals surface area (Å²) < 4.78 is 36.8. The first-order chi connectivity index (χ1) is 30.0. The Labute approximate surface area is 361 Å². The molecule has 8 aromatic carbocycles. The highest BCUT2D eigenvalue weighted by molar-refractivity contribution is 6.62. The standard InChI is InChI=1S/C30H25BO4.C24H13ClO2/c1-29(2)30(3,4)35-31(34-29)20-11-13-23-22-12-9-19(16-27(22)33-28(23)17-20)18-10-14-26-24(15-18)21-7-5-6-8-25(21)32-26;25-16-7-9-19-18-8-5-15(12-23(18)27-24(19)13-16)14-6-10-22-20(11-14)17-3-1-2-4-21(17)26-22/h5-17H,1-4H3;1-13H. The van der Waals surface area contributed by atoms with Gasteiger partial charge in [-0.15, -0.1) is 0 Å². The summed E-state index contributed by atoms with van der Waals surface area (Å²) >= 11 is 6.10. The second-order valence-corrected chi connectivity index (χ2v) is 17.7. The van der Waals surface area contributed by atoms with Crippen molar-refractivity contribution in [1.29, 1.82) is 0 Å². The highest BCUT2D eigenvalue weighted by atomic mass is 35.5. The van der Waals surface area contributed by atoms with Crippen LogP contribution in [-0.2, 0) is 9.31 Å². The van der Waals surface area contributed by atoms with Gasteiger partial charge >= 0.3 is 7.12 Å². The number of halogens is 1. The zero-order valence-electron chi connectivity index (χ0n) is 34.4. The Bertz CT molecular complexity index is 3740. The van der Waals surface area contributed by atoms with Gasteiger partial charge in [0.1, 0.15) is 44.7 Å². The molecule has 0 radical (unpaired) electrons. The fourth-order valence-electron chi connectivity index (χ4n) is 8.84. The molecule has 0 amide bonds. The lowest BCUT2D eigenvalue weighted by molar-refractivity contribution is 0.00578. The molecule has 1 aliphatic rings. The zero-order chi connectivity index (χ0) is 41.9. The normalized spacial score (nSPS) is 15.0. The summed E-state index contributed by atoms with van der Waals surface area (Å²) in [5, 5.41) is 9.55. The minimum atomic E-state index is -0.412. The van der Waals surface area contributed by atoms with Gasteiger partial charge in [-0.1, -0.05) is 84.4 Å². The average molecular weight is 829 g/mol. The molecule has 0 saturated carbocycles. The first kappa shape index (κ1) is 37.0. The molecule has 0 unspecified atom stereocenters. The molecule has 1 saturated heterocycles. The van der Waals surface area contributed by atoms with Crippen LogP contribution in [0.15, 0.2) is 175 Å². The van der Waals surface area contributed by atoms with Gasteiger partial charge in [-0.05, 0) is 134 Å². The lowest BCUT2D eigenvalue weighted by Crippen LogP contribution is -2.41. The molecule has 5 heterocycles. The second kappa shape index (κ2) is 13.6. The Morgan fingerprint density at radius 1 is 0.339 bits per heavy atom.